The van der Waals surface area contributed by atoms with Gasteiger partial charge in [0.05, 0.1) is 42.6 Å². The van der Waals surface area contributed by atoms with Gasteiger partial charge in [0.2, 0.25) is 0 Å². The lowest BCUT2D eigenvalue weighted by Gasteiger charge is -2.12. The second-order valence-electron chi connectivity index (χ2n) is 5.94. The van der Waals surface area contributed by atoms with E-state index in [4.69, 9.17) is 20.9 Å². The lowest BCUT2D eigenvalue weighted by atomic mass is 10.0. The Morgan fingerprint density at radius 3 is 2.63 bits per heavy atom. The average molecular weight is 448 g/mol. The van der Waals surface area contributed by atoms with Crippen LogP contribution in [0.2, 0.25) is 5.02 Å². The second-order valence-corrected chi connectivity index (χ2v) is 6.35. The molecule has 0 N–H and O–H groups in total. The van der Waals surface area contributed by atoms with Gasteiger partial charge in [-0.05, 0) is 12.1 Å². The maximum atomic E-state index is 14.4. The summed E-state index contributed by atoms with van der Waals surface area (Å²) in [6, 6.07) is 3.71. The number of nitrogens with zero attached hydrogens (tertiary/aromatic N) is 3. The number of rotatable bonds is 6. The van der Waals surface area contributed by atoms with E-state index in [-0.39, 0.29) is 23.7 Å². The van der Waals surface area contributed by atoms with Crippen molar-refractivity contribution in [3.8, 4) is 22.6 Å². The van der Waals surface area contributed by atoms with E-state index in [2.05, 4.69) is 15.0 Å². The number of hydrogen-bond acceptors (Lipinski definition) is 6. The number of hydrogen-bond donors (Lipinski definition) is 0. The number of halogens is 5. The molecule has 3 rings (SSSR count). The van der Waals surface area contributed by atoms with E-state index in [1.165, 1.54) is 19.2 Å². The smallest absolute Gasteiger partial charge is 0.433 e. The van der Waals surface area contributed by atoms with Crippen molar-refractivity contribution < 1.29 is 36.4 Å². The highest BCUT2D eigenvalue weighted by molar-refractivity contribution is 6.33. The van der Waals surface area contributed by atoms with E-state index in [1.54, 1.807) is 0 Å². The van der Waals surface area contributed by atoms with Crippen LogP contribution < -0.4 is 0 Å². The lowest BCUT2D eigenvalue weighted by Crippen LogP contribution is -2.18. The summed E-state index contributed by atoms with van der Waals surface area (Å²) in [6.07, 6.45) is -3.98. The number of ether oxygens (including phenoxy) is 2. The molecule has 1 aromatic carbocycles. The molecule has 0 aliphatic heterocycles. The van der Waals surface area contributed by atoms with Gasteiger partial charge in [-0.3, -0.25) is 4.68 Å². The van der Waals surface area contributed by atoms with Crippen LogP contribution in [0.4, 0.5) is 17.6 Å². The summed E-state index contributed by atoms with van der Waals surface area (Å²) in [7, 11) is 2.34. The maximum Gasteiger partial charge on any atom is 0.433 e. The Hall–Kier alpha value is -2.92. The molecule has 30 heavy (non-hydrogen) atoms. The molecular formula is C18H14ClF4N3O4. The van der Waals surface area contributed by atoms with Gasteiger partial charge >= 0.3 is 12.1 Å². The fraction of sp³-hybridized carbons (Fsp3) is 0.278. The van der Waals surface area contributed by atoms with E-state index < -0.39 is 46.2 Å². The van der Waals surface area contributed by atoms with E-state index in [9.17, 15) is 22.4 Å². The first kappa shape index (κ1) is 21.8. The van der Waals surface area contributed by atoms with Crippen LogP contribution in [0.3, 0.4) is 0 Å². The predicted octanol–water partition coefficient (Wildman–Crippen LogP) is 4.45. The van der Waals surface area contributed by atoms with Gasteiger partial charge in [-0.2, -0.15) is 18.3 Å². The van der Waals surface area contributed by atoms with Crippen LogP contribution in [0, 0.1) is 5.82 Å². The minimum absolute atomic E-state index is 0.0411. The van der Waals surface area contributed by atoms with Crippen molar-refractivity contribution in [3.63, 3.8) is 0 Å². The Balaban J connectivity index is 2.28. The minimum atomic E-state index is -4.85. The predicted molar refractivity (Wildman–Crippen MR) is 96.3 cm³/mol. The highest BCUT2D eigenvalue weighted by Crippen LogP contribution is 2.42. The summed E-state index contributed by atoms with van der Waals surface area (Å²) in [4.78, 5) is 12.4. The Morgan fingerprint density at radius 1 is 1.30 bits per heavy atom. The summed E-state index contributed by atoms with van der Waals surface area (Å²) < 4.78 is 70.9. The van der Waals surface area contributed by atoms with Crippen molar-refractivity contribution in [2.75, 3.05) is 20.8 Å². The summed E-state index contributed by atoms with van der Waals surface area (Å²) in [5, 5.41) is 7.22. The SMILES string of the molecule is COCCn1ncc(-c2onc(-c3c(F)cccc3Cl)c2C(=O)OC)c1C(F)(F)F. The van der Waals surface area contributed by atoms with Crippen LogP contribution in [-0.4, -0.2) is 41.7 Å². The number of carbonyl (C=O) groups excluding carboxylic acids is 1. The molecule has 0 atom stereocenters. The van der Waals surface area contributed by atoms with Crippen LogP contribution in [0.1, 0.15) is 16.1 Å². The molecular weight excluding hydrogens is 434 g/mol. The summed E-state index contributed by atoms with van der Waals surface area (Å²) in [6.45, 7) is -0.250. The standard InChI is InChI=1S/C18H14ClF4N3O4/c1-28-7-6-26-16(18(21,22)23)9(8-24-26)15-13(17(27)29-2)14(25-30-15)12-10(19)4-3-5-11(12)20/h3-5,8H,6-7H2,1-2H3. The molecule has 0 bridgehead atoms. The van der Waals surface area contributed by atoms with Crippen molar-refractivity contribution in [1.82, 2.24) is 14.9 Å². The Kier molecular flexibility index (Phi) is 6.13. The topological polar surface area (TPSA) is 79.4 Å². The number of benzene rings is 1. The molecule has 0 fully saturated rings. The normalized spacial score (nSPS) is 11.7. The van der Waals surface area contributed by atoms with Gasteiger partial charge in [-0.1, -0.05) is 22.8 Å². The third kappa shape index (κ3) is 3.90. The fourth-order valence-electron chi connectivity index (χ4n) is 2.86. The quantitative estimate of drug-likeness (QED) is 0.410. The first-order chi connectivity index (χ1) is 14.2. The van der Waals surface area contributed by atoms with Crippen molar-refractivity contribution >= 4 is 17.6 Å². The Bertz CT molecular complexity index is 1060. The number of methoxy groups -OCH3 is 2. The summed E-state index contributed by atoms with van der Waals surface area (Å²) >= 11 is 6.02. The molecule has 2 heterocycles. The van der Waals surface area contributed by atoms with Crippen LogP contribution in [0.5, 0.6) is 0 Å². The second kappa shape index (κ2) is 8.44. The molecule has 3 aromatic rings. The highest BCUT2D eigenvalue weighted by atomic mass is 35.5. The average Bonchev–Trinajstić information content (AvgIpc) is 3.29. The lowest BCUT2D eigenvalue weighted by molar-refractivity contribution is -0.144. The molecule has 0 aliphatic carbocycles. The molecule has 0 saturated carbocycles. The van der Waals surface area contributed by atoms with Crippen molar-refractivity contribution in [2.24, 2.45) is 0 Å². The number of esters is 1. The zero-order valence-electron chi connectivity index (χ0n) is 15.6. The van der Waals surface area contributed by atoms with Gasteiger partial charge in [-0.15, -0.1) is 0 Å². The van der Waals surface area contributed by atoms with Crippen LogP contribution in [0.25, 0.3) is 22.6 Å². The molecule has 0 saturated heterocycles. The van der Waals surface area contributed by atoms with E-state index in [0.717, 1.165) is 19.4 Å². The van der Waals surface area contributed by atoms with E-state index >= 15 is 0 Å². The Labute approximate surface area is 172 Å². The monoisotopic (exact) mass is 447 g/mol. The largest absolute Gasteiger partial charge is 0.465 e. The van der Waals surface area contributed by atoms with Gasteiger partial charge in [0, 0.05) is 7.11 Å². The van der Waals surface area contributed by atoms with E-state index in [1.807, 2.05) is 0 Å². The van der Waals surface area contributed by atoms with Gasteiger partial charge in [-0.25, -0.2) is 9.18 Å². The van der Waals surface area contributed by atoms with Crippen molar-refractivity contribution in [3.05, 3.63) is 46.5 Å². The molecule has 0 spiro atoms. The number of carbonyl (C=O) groups is 1. The molecule has 0 amide bonds. The van der Waals surface area contributed by atoms with Gasteiger partial charge in [0.1, 0.15) is 17.1 Å². The first-order valence-electron chi connectivity index (χ1n) is 8.35. The molecule has 7 nitrogen and oxygen atoms in total. The minimum Gasteiger partial charge on any atom is -0.465 e. The number of aromatic nitrogens is 3. The molecule has 0 aliphatic rings. The summed E-state index contributed by atoms with van der Waals surface area (Å²) in [5.74, 6) is -2.51. The van der Waals surface area contributed by atoms with Gasteiger partial charge in [0.15, 0.2) is 11.5 Å². The van der Waals surface area contributed by atoms with E-state index in [0.29, 0.717) is 4.68 Å². The van der Waals surface area contributed by atoms with Crippen LogP contribution in [0.15, 0.2) is 28.9 Å². The molecule has 0 unspecified atom stereocenters. The van der Waals surface area contributed by atoms with Crippen molar-refractivity contribution in [1.29, 1.82) is 0 Å². The summed E-state index contributed by atoms with van der Waals surface area (Å²) in [5.41, 5.74) is -2.97. The van der Waals surface area contributed by atoms with Gasteiger partial charge < -0.3 is 14.0 Å². The maximum absolute atomic E-state index is 14.4. The zero-order chi connectivity index (χ0) is 22.1. The molecule has 12 heteroatoms. The van der Waals surface area contributed by atoms with Gasteiger partial charge in [0.25, 0.3) is 0 Å². The molecule has 0 radical (unpaired) electrons. The third-order valence-corrected chi connectivity index (χ3v) is 4.46. The van der Waals surface area contributed by atoms with Crippen molar-refractivity contribution in [2.45, 2.75) is 12.7 Å². The zero-order valence-corrected chi connectivity index (χ0v) is 16.3. The molecule has 2 aromatic heterocycles. The van der Waals surface area contributed by atoms with Crippen LogP contribution >= 0.6 is 11.6 Å². The Morgan fingerprint density at radius 2 is 2.03 bits per heavy atom. The molecule has 160 valence electrons. The third-order valence-electron chi connectivity index (χ3n) is 4.14. The van der Waals surface area contributed by atoms with Crippen LogP contribution in [-0.2, 0) is 22.2 Å². The highest BCUT2D eigenvalue weighted by Gasteiger charge is 2.41. The number of alkyl halides is 3. The first-order valence-corrected chi connectivity index (χ1v) is 8.73. The fourth-order valence-corrected chi connectivity index (χ4v) is 3.11.